The average molecular weight is 654 g/mol. The van der Waals surface area contributed by atoms with Gasteiger partial charge in [0.15, 0.2) is 6.10 Å². The molecule has 1 unspecified atom stereocenters. The van der Waals surface area contributed by atoms with Crippen LogP contribution in [0.2, 0.25) is 5.02 Å². The van der Waals surface area contributed by atoms with Gasteiger partial charge in [-0.1, -0.05) is 62.7 Å². The van der Waals surface area contributed by atoms with Crippen LogP contribution < -0.4 is 15.4 Å². The van der Waals surface area contributed by atoms with Gasteiger partial charge in [0, 0.05) is 37.7 Å². The van der Waals surface area contributed by atoms with Crippen molar-refractivity contribution in [1.29, 1.82) is 0 Å². The summed E-state index contributed by atoms with van der Waals surface area (Å²) in [5.74, 6) is -2.10. The number of ether oxygens (including phenoxy) is 3. The zero-order valence-electron chi connectivity index (χ0n) is 27.2. The third-order valence-electron chi connectivity index (χ3n) is 7.51. The summed E-state index contributed by atoms with van der Waals surface area (Å²) < 4.78 is 16.9. The van der Waals surface area contributed by atoms with Crippen LogP contribution in [0.25, 0.3) is 6.08 Å². The molecule has 248 valence electrons. The number of cyclic esters (lactones) is 2. The topological polar surface area (TPSA) is 133 Å². The van der Waals surface area contributed by atoms with Crippen LogP contribution in [-0.2, 0) is 35.1 Å². The minimum atomic E-state index is -1.20. The Balaban J connectivity index is 1.93. The maximum atomic E-state index is 13.5. The average Bonchev–Trinajstić information content (AvgIpc) is 3.01. The normalized spacial score (nSPS) is 22.8. The zero-order chi connectivity index (χ0) is 33.9. The van der Waals surface area contributed by atoms with Gasteiger partial charge in [-0.25, -0.2) is 4.79 Å². The fourth-order valence-corrected chi connectivity index (χ4v) is 4.96. The van der Waals surface area contributed by atoms with Crippen molar-refractivity contribution in [1.82, 2.24) is 15.6 Å². The molecule has 2 heterocycles. The molecule has 1 aromatic carbocycles. The van der Waals surface area contributed by atoms with Gasteiger partial charge >= 0.3 is 11.9 Å². The van der Waals surface area contributed by atoms with Gasteiger partial charge in [0.2, 0.25) is 11.8 Å². The number of aromatic nitrogens is 1. The summed E-state index contributed by atoms with van der Waals surface area (Å²) in [4.78, 5) is 57.4. The lowest BCUT2D eigenvalue weighted by Gasteiger charge is -2.29. The molecule has 2 aromatic rings. The van der Waals surface area contributed by atoms with Gasteiger partial charge in [-0.05, 0) is 61.6 Å². The van der Waals surface area contributed by atoms with E-state index in [0.717, 1.165) is 5.56 Å². The van der Waals surface area contributed by atoms with E-state index in [4.69, 9.17) is 25.8 Å². The van der Waals surface area contributed by atoms with E-state index in [-0.39, 0.29) is 37.6 Å². The molecule has 0 radical (unpaired) electrons. The quantitative estimate of drug-likeness (QED) is 0.377. The highest BCUT2D eigenvalue weighted by Gasteiger charge is 2.37. The molecule has 0 spiro atoms. The van der Waals surface area contributed by atoms with E-state index in [0.29, 0.717) is 16.3 Å². The van der Waals surface area contributed by atoms with E-state index in [9.17, 15) is 19.2 Å². The number of nitrogens with zero attached hydrogens (tertiary/aromatic N) is 1. The Morgan fingerprint density at radius 1 is 1.13 bits per heavy atom. The van der Waals surface area contributed by atoms with E-state index in [2.05, 4.69) is 15.6 Å². The monoisotopic (exact) mass is 653 g/mol. The van der Waals surface area contributed by atoms with Crippen LogP contribution in [0.3, 0.4) is 0 Å². The Bertz CT molecular complexity index is 1420. The molecular weight excluding hydrogens is 610 g/mol. The number of pyridine rings is 1. The summed E-state index contributed by atoms with van der Waals surface area (Å²) in [5, 5.41) is 5.89. The number of nitrogens with one attached hydrogen (secondary N) is 2. The van der Waals surface area contributed by atoms with Gasteiger partial charge in [0.05, 0.1) is 17.5 Å². The number of halogens is 1. The minimum Gasteiger partial charge on any atom is -0.495 e. The number of methoxy groups -OCH3 is 1. The molecule has 4 atom stereocenters. The standard InChI is InChI=1S/C35H44ClN3O7/c1-22(2)17-30-33(42)45-28(23(3)12-13-24-9-8-16-37-20-24)10-7-11-31(40)39-27(19-25-14-15-29(44-6)26(36)18-25)32(41)38-21-35(4,5)34(43)46-30/h7-9,11-16,18,20,22-23,27-28,30H,10,17,19,21H2,1-6H3,(H,38,41)(H,39,40)/b11-7+,13-12+/t23?,27-,28+,30+/m1/s1. The minimum absolute atomic E-state index is 0.0240. The SMILES string of the molecule is COc1ccc(C[C@H]2NC(=O)/C=C/C[C@@H](C(C)/C=C/c3cccnc3)OC(=O)[C@H](CC(C)C)OC(=O)C(C)(C)CNC2=O)cc1Cl. The molecule has 0 saturated heterocycles. The van der Waals surface area contributed by atoms with Gasteiger partial charge in [0.1, 0.15) is 17.9 Å². The first-order chi connectivity index (χ1) is 21.8. The summed E-state index contributed by atoms with van der Waals surface area (Å²) >= 11 is 6.30. The van der Waals surface area contributed by atoms with Crippen molar-refractivity contribution in [2.24, 2.45) is 17.3 Å². The van der Waals surface area contributed by atoms with Crippen molar-refractivity contribution in [2.75, 3.05) is 13.7 Å². The van der Waals surface area contributed by atoms with E-state index in [1.54, 1.807) is 50.5 Å². The van der Waals surface area contributed by atoms with Crippen LogP contribution in [0.4, 0.5) is 0 Å². The Morgan fingerprint density at radius 2 is 1.89 bits per heavy atom. The molecule has 46 heavy (non-hydrogen) atoms. The first kappa shape index (κ1) is 36.3. The first-order valence-corrected chi connectivity index (χ1v) is 15.7. The van der Waals surface area contributed by atoms with E-state index in [1.165, 1.54) is 13.2 Å². The lowest BCUT2D eigenvalue weighted by molar-refractivity contribution is -0.178. The Kier molecular flexibility index (Phi) is 13.4. The second kappa shape index (κ2) is 16.9. The molecule has 10 nitrogen and oxygen atoms in total. The Hall–Kier alpha value is -4.18. The first-order valence-electron chi connectivity index (χ1n) is 15.4. The third kappa shape index (κ3) is 11.0. The van der Waals surface area contributed by atoms with Crippen molar-refractivity contribution in [3.05, 3.63) is 77.1 Å². The van der Waals surface area contributed by atoms with Crippen molar-refractivity contribution in [3.8, 4) is 5.75 Å². The van der Waals surface area contributed by atoms with Crippen LogP contribution >= 0.6 is 11.6 Å². The van der Waals surface area contributed by atoms with E-state index < -0.39 is 47.4 Å². The summed E-state index contributed by atoms with van der Waals surface area (Å²) in [6, 6.07) is 7.85. The predicted octanol–water partition coefficient (Wildman–Crippen LogP) is 5.09. The molecule has 0 saturated carbocycles. The van der Waals surface area contributed by atoms with Gasteiger partial charge in [-0.2, -0.15) is 0 Å². The van der Waals surface area contributed by atoms with Gasteiger partial charge in [0.25, 0.3) is 0 Å². The number of carbonyl (C=O) groups is 4. The van der Waals surface area contributed by atoms with Gasteiger partial charge in [-0.3, -0.25) is 19.4 Å². The second-order valence-corrected chi connectivity index (χ2v) is 12.9. The number of amides is 2. The molecule has 2 N–H and O–H groups in total. The van der Waals surface area contributed by atoms with E-state index in [1.807, 2.05) is 45.1 Å². The van der Waals surface area contributed by atoms with Crippen LogP contribution in [-0.4, -0.2) is 60.6 Å². The zero-order valence-corrected chi connectivity index (χ0v) is 28.0. The van der Waals surface area contributed by atoms with Gasteiger partial charge in [-0.15, -0.1) is 0 Å². The van der Waals surface area contributed by atoms with Crippen LogP contribution in [0.5, 0.6) is 5.75 Å². The predicted molar refractivity (Wildman–Crippen MR) is 176 cm³/mol. The fourth-order valence-electron chi connectivity index (χ4n) is 4.68. The molecule has 1 aliphatic heterocycles. The second-order valence-electron chi connectivity index (χ2n) is 12.5. The number of hydrogen-bond donors (Lipinski definition) is 2. The van der Waals surface area contributed by atoms with Crippen molar-refractivity contribution in [3.63, 3.8) is 0 Å². The highest BCUT2D eigenvalue weighted by atomic mass is 35.5. The smallest absolute Gasteiger partial charge is 0.347 e. The summed E-state index contributed by atoms with van der Waals surface area (Å²) in [7, 11) is 1.50. The summed E-state index contributed by atoms with van der Waals surface area (Å²) in [6.07, 6.45) is 8.83. The fraction of sp³-hybridized carbons (Fsp3) is 0.457. The highest BCUT2D eigenvalue weighted by molar-refractivity contribution is 6.32. The summed E-state index contributed by atoms with van der Waals surface area (Å²) in [6.45, 7) is 8.86. The third-order valence-corrected chi connectivity index (χ3v) is 7.81. The van der Waals surface area contributed by atoms with Crippen LogP contribution in [0.15, 0.2) is 61.0 Å². The molecule has 1 aliphatic rings. The van der Waals surface area contributed by atoms with Gasteiger partial charge < -0.3 is 24.8 Å². The lowest BCUT2D eigenvalue weighted by atomic mass is 9.93. The highest BCUT2D eigenvalue weighted by Crippen LogP contribution is 2.26. The molecule has 11 heteroatoms. The number of esters is 2. The molecule has 0 aliphatic carbocycles. The lowest BCUT2D eigenvalue weighted by Crippen LogP contribution is -2.51. The van der Waals surface area contributed by atoms with Crippen LogP contribution in [0.1, 0.15) is 58.6 Å². The molecule has 3 rings (SSSR count). The molecular formula is C35H44ClN3O7. The number of carbonyl (C=O) groups excluding carboxylic acids is 4. The maximum Gasteiger partial charge on any atom is 0.347 e. The van der Waals surface area contributed by atoms with Crippen molar-refractivity contribution < 1.29 is 33.4 Å². The number of hydrogen-bond acceptors (Lipinski definition) is 8. The number of benzene rings is 1. The molecule has 0 bridgehead atoms. The van der Waals surface area contributed by atoms with E-state index >= 15 is 0 Å². The Morgan fingerprint density at radius 3 is 2.54 bits per heavy atom. The Labute approximate surface area is 275 Å². The van der Waals surface area contributed by atoms with Crippen molar-refractivity contribution in [2.45, 2.75) is 72.1 Å². The molecule has 0 fully saturated rings. The largest absolute Gasteiger partial charge is 0.495 e. The van der Waals surface area contributed by atoms with Crippen LogP contribution in [0, 0.1) is 17.3 Å². The molecule has 1 aromatic heterocycles. The maximum absolute atomic E-state index is 13.5. The number of rotatable bonds is 8. The van der Waals surface area contributed by atoms with Crippen molar-refractivity contribution >= 4 is 41.4 Å². The summed E-state index contributed by atoms with van der Waals surface area (Å²) in [5.41, 5.74) is 0.375. The molecule has 2 amide bonds.